The molecule has 98 valence electrons. The minimum Gasteiger partial charge on any atom is -0.481 e. The van der Waals surface area contributed by atoms with Gasteiger partial charge in [0.15, 0.2) is 0 Å². The molecule has 1 aromatic heterocycles. The first-order valence-electron chi connectivity index (χ1n) is 6.06. The third-order valence-corrected chi connectivity index (χ3v) is 3.04. The number of anilines is 1. The number of ether oxygens (including phenoxy) is 1. The van der Waals surface area contributed by atoms with Gasteiger partial charge in [-0.1, -0.05) is 0 Å². The van der Waals surface area contributed by atoms with E-state index in [0.29, 0.717) is 18.2 Å². The van der Waals surface area contributed by atoms with Gasteiger partial charge >= 0.3 is 0 Å². The van der Waals surface area contributed by atoms with Crippen molar-refractivity contribution in [2.75, 3.05) is 38.7 Å². The lowest BCUT2D eigenvalue weighted by Gasteiger charge is -2.21. The van der Waals surface area contributed by atoms with Crippen molar-refractivity contribution < 1.29 is 9.53 Å². The maximum absolute atomic E-state index is 11.5. The fraction of sp³-hybridized carbons (Fsp3) is 0.583. The summed E-state index contributed by atoms with van der Waals surface area (Å²) in [6, 6.07) is 1.71. The average Bonchev–Trinajstić information content (AvgIpc) is 2.81. The first-order chi connectivity index (χ1) is 8.70. The Hall–Kier alpha value is -1.85. The van der Waals surface area contributed by atoms with E-state index in [4.69, 9.17) is 4.74 Å². The van der Waals surface area contributed by atoms with Crippen LogP contribution in [0.15, 0.2) is 12.3 Å². The van der Waals surface area contributed by atoms with Gasteiger partial charge in [0.05, 0.1) is 7.11 Å². The van der Waals surface area contributed by atoms with Crippen molar-refractivity contribution in [2.45, 2.75) is 12.8 Å². The quantitative estimate of drug-likeness (QED) is 0.763. The molecule has 0 aliphatic carbocycles. The van der Waals surface area contributed by atoms with Gasteiger partial charge in [0.2, 0.25) is 17.7 Å². The summed E-state index contributed by atoms with van der Waals surface area (Å²) in [6.07, 6.45) is 3.32. The number of nitrogens with zero attached hydrogens (tertiary/aromatic N) is 4. The van der Waals surface area contributed by atoms with E-state index >= 15 is 0 Å². The third kappa shape index (κ3) is 2.88. The number of amides is 1. The molecule has 1 aliphatic heterocycles. The fourth-order valence-corrected chi connectivity index (χ4v) is 1.94. The number of rotatable bonds is 5. The number of hydrogen-bond acceptors (Lipinski definition) is 5. The van der Waals surface area contributed by atoms with Crippen molar-refractivity contribution in [1.82, 2.24) is 14.9 Å². The van der Waals surface area contributed by atoms with Crippen molar-refractivity contribution in [3.63, 3.8) is 0 Å². The predicted octanol–water partition coefficient (Wildman–Crippen LogP) is 0.544. The molecule has 0 atom stereocenters. The van der Waals surface area contributed by atoms with Crippen LogP contribution in [0.1, 0.15) is 12.8 Å². The van der Waals surface area contributed by atoms with Gasteiger partial charge < -0.3 is 14.5 Å². The number of methoxy groups -OCH3 is 1. The van der Waals surface area contributed by atoms with Crippen LogP contribution in [0.4, 0.5) is 5.95 Å². The molecule has 18 heavy (non-hydrogen) atoms. The highest BCUT2D eigenvalue weighted by Crippen LogP contribution is 2.12. The Morgan fingerprint density at radius 3 is 3.06 bits per heavy atom. The molecule has 1 aliphatic rings. The smallest absolute Gasteiger partial charge is 0.228 e. The van der Waals surface area contributed by atoms with Crippen molar-refractivity contribution in [3.8, 4) is 5.88 Å². The standard InChI is InChI=1S/C12H18N4O2/c1-15(8-9-16-7-3-4-11(16)17)12-13-6-5-10(14-12)18-2/h5-6H,3-4,7-9H2,1-2H3. The summed E-state index contributed by atoms with van der Waals surface area (Å²) >= 11 is 0. The molecule has 0 unspecified atom stereocenters. The molecule has 6 nitrogen and oxygen atoms in total. The van der Waals surface area contributed by atoms with E-state index in [9.17, 15) is 4.79 Å². The summed E-state index contributed by atoms with van der Waals surface area (Å²) in [4.78, 5) is 23.7. The van der Waals surface area contributed by atoms with Gasteiger partial charge in [-0.3, -0.25) is 4.79 Å². The summed E-state index contributed by atoms with van der Waals surface area (Å²) in [5.74, 6) is 1.40. The Morgan fingerprint density at radius 1 is 1.56 bits per heavy atom. The van der Waals surface area contributed by atoms with Crippen LogP contribution in [0.3, 0.4) is 0 Å². The number of hydrogen-bond donors (Lipinski definition) is 0. The maximum Gasteiger partial charge on any atom is 0.228 e. The second-order valence-corrected chi connectivity index (χ2v) is 4.30. The molecule has 2 rings (SSSR count). The molecule has 0 N–H and O–H groups in total. The Morgan fingerprint density at radius 2 is 2.39 bits per heavy atom. The van der Waals surface area contributed by atoms with Crippen LogP contribution in [0, 0.1) is 0 Å². The minimum atomic E-state index is 0.245. The highest BCUT2D eigenvalue weighted by molar-refractivity contribution is 5.78. The van der Waals surface area contributed by atoms with Crippen LogP contribution in [0.25, 0.3) is 0 Å². The molecule has 1 saturated heterocycles. The second kappa shape index (κ2) is 5.66. The summed E-state index contributed by atoms with van der Waals surface area (Å²) in [7, 11) is 3.49. The normalized spacial score (nSPS) is 15.0. The van der Waals surface area contributed by atoms with Gasteiger partial charge in [0, 0.05) is 45.4 Å². The fourth-order valence-electron chi connectivity index (χ4n) is 1.94. The Kier molecular flexibility index (Phi) is 3.96. The molecule has 0 aromatic carbocycles. The number of likely N-dealkylation sites (N-methyl/N-ethyl adjacent to an activating group) is 1. The van der Waals surface area contributed by atoms with E-state index in [1.54, 1.807) is 19.4 Å². The Bertz CT molecular complexity index is 424. The zero-order valence-corrected chi connectivity index (χ0v) is 10.8. The summed E-state index contributed by atoms with van der Waals surface area (Å²) in [5, 5.41) is 0. The average molecular weight is 250 g/mol. The van der Waals surface area contributed by atoms with Crippen LogP contribution in [0.2, 0.25) is 0 Å². The first kappa shape index (κ1) is 12.6. The molecule has 0 spiro atoms. The molecular formula is C12H18N4O2. The highest BCUT2D eigenvalue weighted by atomic mass is 16.5. The molecular weight excluding hydrogens is 232 g/mol. The van der Waals surface area contributed by atoms with Gasteiger partial charge in [-0.15, -0.1) is 0 Å². The van der Waals surface area contributed by atoms with Gasteiger partial charge in [0.25, 0.3) is 0 Å². The van der Waals surface area contributed by atoms with Crippen molar-refractivity contribution >= 4 is 11.9 Å². The van der Waals surface area contributed by atoms with E-state index in [1.165, 1.54) is 0 Å². The number of carbonyl (C=O) groups is 1. The molecule has 0 radical (unpaired) electrons. The van der Waals surface area contributed by atoms with E-state index in [-0.39, 0.29) is 5.91 Å². The summed E-state index contributed by atoms with van der Waals surface area (Å²) in [6.45, 7) is 2.31. The molecule has 1 aromatic rings. The molecule has 0 bridgehead atoms. The highest BCUT2D eigenvalue weighted by Gasteiger charge is 2.20. The van der Waals surface area contributed by atoms with E-state index < -0.39 is 0 Å². The second-order valence-electron chi connectivity index (χ2n) is 4.30. The molecule has 0 saturated carbocycles. The largest absolute Gasteiger partial charge is 0.481 e. The topological polar surface area (TPSA) is 58.6 Å². The van der Waals surface area contributed by atoms with Crippen molar-refractivity contribution in [3.05, 3.63) is 12.3 Å². The third-order valence-electron chi connectivity index (χ3n) is 3.04. The molecule has 6 heteroatoms. The SMILES string of the molecule is COc1ccnc(N(C)CCN2CCCC2=O)n1. The lowest BCUT2D eigenvalue weighted by atomic mass is 10.4. The number of likely N-dealkylation sites (tertiary alicyclic amines) is 1. The lowest BCUT2D eigenvalue weighted by Crippen LogP contribution is -2.34. The van der Waals surface area contributed by atoms with Gasteiger partial charge in [0.1, 0.15) is 0 Å². The van der Waals surface area contributed by atoms with Gasteiger partial charge in [-0.25, -0.2) is 4.98 Å². The maximum atomic E-state index is 11.5. The zero-order chi connectivity index (χ0) is 13.0. The molecule has 1 amide bonds. The number of aromatic nitrogens is 2. The van der Waals surface area contributed by atoms with Crippen LogP contribution in [-0.2, 0) is 4.79 Å². The van der Waals surface area contributed by atoms with Crippen molar-refractivity contribution in [1.29, 1.82) is 0 Å². The van der Waals surface area contributed by atoms with Crippen LogP contribution in [0.5, 0.6) is 5.88 Å². The van der Waals surface area contributed by atoms with Gasteiger partial charge in [-0.2, -0.15) is 4.98 Å². The zero-order valence-electron chi connectivity index (χ0n) is 10.8. The lowest BCUT2D eigenvalue weighted by molar-refractivity contribution is -0.127. The first-order valence-corrected chi connectivity index (χ1v) is 6.06. The Balaban J connectivity index is 1.90. The van der Waals surface area contributed by atoms with E-state index in [0.717, 1.165) is 26.1 Å². The van der Waals surface area contributed by atoms with E-state index in [1.807, 2.05) is 16.8 Å². The number of carbonyl (C=O) groups excluding carboxylic acids is 1. The van der Waals surface area contributed by atoms with Crippen molar-refractivity contribution in [2.24, 2.45) is 0 Å². The predicted molar refractivity (Wildman–Crippen MR) is 67.7 cm³/mol. The monoisotopic (exact) mass is 250 g/mol. The van der Waals surface area contributed by atoms with Crippen LogP contribution in [-0.4, -0.2) is 54.6 Å². The van der Waals surface area contributed by atoms with Crippen LogP contribution >= 0.6 is 0 Å². The van der Waals surface area contributed by atoms with Crippen LogP contribution < -0.4 is 9.64 Å². The van der Waals surface area contributed by atoms with Gasteiger partial charge in [-0.05, 0) is 6.42 Å². The molecule has 2 heterocycles. The van der Waals surface area contributed by atoms with E-state index in [2.05, 4.69) is 9.97 Å². The summed E-state index contributed by atoms with van der Waals surface area (Å²) < 4.78 is 5.06. The minimum absolute atomic E-state index is 0.245. The summed E-state index contributed by atoms with van der Waals surface area (Å²) in [5.41, 5.74) is 0. The Labute approximate surface area is 107 Å². The molecule has 1 fully saturated rings.